The summed E-state index contributed by atoms with van der Waals surface area (Å²) >= 11 is 3.27. The molecule has 1 aliphatic rings. The fraction of sp³-hybridized carbons (Fsp3) is 0.125. The van der Waals surface area contributed by atoms with E-state index in [1.165, 1.54) is 12.5 Å². The van der Waals surface area contributed by atoms with E-state index in [4.69, 9.17) is 9.47 Å². The van der Waals surface area contributed by atoms with Crippen molar-refractivity contribution >= 4 is 15.9 Å². The second-order valence-corrected chi connectivity index (χ2v) is 3.07. The first-order valence-electron chi connectivity index (χ1n) is 3.45. The highest BCUT2D eigenvalue weighted by molar-refractivity contribution is 9.10. The fourth-order valence-electron chi connectivity index (χ4n) is 0.934. The number of halogens is 1. The first-order chi connectivity index (χ1) is 5.86. The van der Waals surface area contributed by atoms with Crippen LogP contribution in [0.3, 0.4) is 0 Å². The zero-order chi connectivity index (χ0) is 8.39. The first kappa shape index (κ1) is 7.61. The molecule has 0 saturated carbocycles. The van der Waals surface area contributed by atoms with Crippen molar-refractivity contribution in [1.82, 2.24) is 4.98 Å². The third-order valence-electron chi connectivity index (χ3n) is 1.44. The summed E-state index contributed by atoms with van der Waals surface area (Å²) in [5.41, 5.74) is 0.759. The number of hydrogen-bond acceptors (Lipinski definition) is 3. The highest BCUT2D eigenvalue weighted by atomic mass is 79.9. The summed E-state index contributed by atoms with van der Waals surface area (Å²) in [7, 11) is 0. The fourth-order valence-corrected chi connectivity index (χ4v) is 1.29. The molecular formula is C8H6BrNO2. The highest BCUT2D eigenvalue weighted by Crippen LogP contribution is 2.22. The van der Waals surface area contributed by atoms with Crippen LogP contribution in [0.5, 0.6) is 0 Å². The van der Waals surface area contributed by atoms with E-state index in [0.717, 1.165) is 10.3 Å². The number of rotatable bonds is 1. The molecule has 1 aromatic rings. The van der Waals surface area contributed by atoms with Crippen LogP contribution in [-0.2, 0) is 9.47 Å². The SMILES string of the molecule is Brc1cccc(C2OC=CO2)n1. The predicted octanol–water partition coefficient (Wildman–Crippen LogP) is 2.36. The largest absolute Gasteiger partial charge is 0.454 e. The molecular weight excluding hydrogens is 222 g/mol. The number of pyridine rings is 1. The Hall–Kier alpha value is -1.03. The van der Waals surface area contributed by atoms with Gasteiger partial charge in [-0.25, -0.2) is 4.98 Å². The van der Waals surface area contributed by atoms with E-state index in [1.807, 2.05) is 18.2 Å². The summed E-state index contributed by atoms with van der Waals surface area (Å²) < 4.78 is 11.0. The quantitative estimate of drug-likeness (QED) is 0.691. The Morgan fingerprint density at radius 2 is 2.00 bits per heavy atom. The molecule has 0 N–H and O–H groups in total. The van der Waals surface area contributed by atoms with Crippen molar-refractivity contribution in [2.45, 2.75) is 6.29 Å². The first-order valence-corrected chi connectivity index (χ1v) is 4.24. The summed E-state index contributed by atoms with van der Waals surface area (Å²) in [5, 5.41) is 0. The van der Waals surface area contributed by atoms with Crippen LogP contribution in [0, 0.1) is 0 Å². The van der Waals surface area contributed by atoms with Gasteiger partial charge in [-0.1, -0.05) is 6.07 Å². The molecule has 0 bridgehead atoms. The summed E-state index contributed by atoms with van der Waals surface area (Å²) in [6.45, 7) is 0. The summed E-state index contributed by atoms with van der Waals surface area (Å²) in [6, 6.07) is 5.59. The smallest absolute Gasteiger partial charge is 0.283 e. The molecule has 0 radical (unpaired) electrons. The molecule has 0 aromatic carbocycles. The molecule has 3 nitrogen and oxygen atoms in total. The van der Waals surface area contributed by atoms with E-state index >= 15 is 0 Å². The van der Waals surface area contributed by atoms with Gasteiger partial charge in [-0.05, 0) is 28.1 Å². The second kappa shape index (κ2) is 3.15. The van der Waals surface area contributed by atoms with Gasteiger partial charge in [-0.2, -0.15) is 0 Å². The lowest BCUT2D eigenvalue weighted by Crippen LogP contribution is -2.00. The van der Waals surface area contributed by atoms with Crippen LogP contribution in [0.15, 0.2) is 35.3 Å². The van der Waals surface area contributed by atoms with Crippen LogP contribution in [0.4, 0.5) is 0 Å². The van der Waals surface area contributed by atoms with Gasteiger partial charge in [0, 0.05) is 0 Å². The molecule has 0 aliphatic carbocycles. The minimum atomic E-state index is -0.387. The van der Waals surface area contributed by atoms with Gasteiger partial charge in [0.2, 0.25) is 0 Å². The summed E-state index contributed by atoms with van der Waals surface area (Å²) in [4.78, 5) is 4.18. The lowest BCUT2D eigenvalue weighted by Gasteiger charge is -2.08. The van der Waals surface area contributed by atoms with Crippen LogP contribution in [-0.4, -0.2) is 4.98 Å². The minimum Gasteiger partial charge on any atom is -0.454 e. The van der Waals surface area contributed by atoms with Gasteiger partial charge < -0.3 is 9.47 Å². The molecule has 0 atom stereocenters. The van der Waals surface area contributed by atoms with Crippen LogP contribution in [0.2, 0.25) is 0 Å². The van der Waals surface area contributed by atoms with Crippen molar-refractivity contribution in [3.8, 4) is 0 Å². The van der Waals surface area contributed by atoms with Crippen molar-refractivity contribution in [3.63, 3.8) is 0 Å². The third kappa shape index (κ3) is 1.43. The average Bonchev–Trinajstić information content (AvgIpc) is 2.56. The number of hydrogen-bond donors (Lipinski definition) is 0. The molecule has 1 aliphatic heterocycles. The van der Waals surface area contributed by atoms with Crippen LogP contribution in [0.25, 0.3) is 0 Å². The Bertz CT molecular complexity index is 306. The molecule has 12 heavy (non-hydrogen) atoms. The molecule has 0 saturated heterocycles. The van der Waals surface area contributed by atoms with Gasteiger partial charge in [0.25, 0.3) is 6.29 Å². The zero-order valence-corrected chi connectivity index (χ0v) is 7.69. The Balaban J connectivity index is 2.22. The Morgan fingerprint density at radius 3 is 2.67 bits per heavy atom. The number of ether oxygens (including phenoxy) is 2. The zero-order valence-electron chi connectivity index (χ0n) is 6.11. The Morgan fingerprint density at radius 1 is 1.25 bits per heavy atom. The summed E-state index contributed by atoms with van der Waals surface area (Å²) in [6.07, 6.45) is 2.63. The lowest BCUT2D eigenvalue weighted by molar-refractivity contribution is -0.0280. The van der Waals surface area contributed by atoms with Gasteiger partial charge in [0.1, 0.15) is 22.8 Å². The van der Waals surface area contributed by atoms with Gasteiger partial charge in [-0.3, -0.25) is 0 Å². The topological polar surface area (TPSA) is 31.4 Å². The summed E-state index contributed by atoms with van der Waals surface area (Å²) in [5.74, 6) is 0. The molecule has 62 valence electrons. The highest BCUT2D eigenvalue weighted by Gasteiger charge is 2.16. The van der Waals surface area contributed by atoms with E-state index in [2.05, 4.69) is 20.9 Å². The van der Waals surface area contributed by atoms with Crippen molar-refractivity contribution in [3.05, 3.63) is 41.0 Å². The molecule has 0 spiro atoms. The maximum atomic E-state index is 5.11. The van der Waals surface area contributed by atoms with Crippen molar-refractivity contribution in [1.29, 1.82) is 0 Å². The van der Waals surface area contributed by atoms with Gasteiger partial charge >= 0.3 is 0 Å². The van der Waals surface area contributed by atoms with Gasteiger partial charge in [0.15, 0.2) is 0 Å². The molecule has 2 heterocycles. The van der Waals surface area contributed by atoms with Crippen LogP contribution in [0.1, 0.15) is 12.0 Å². The molecule has 1 aromatic heterocycles. The van der Waals surface area contributed by atoms with E-state index in [1.54, 1.807) is 0 Å². The number of nitrogens with zero attached hydrogens (tertiary/aromatic N) is 1. The second-order valence-electron chi connectivity index (χ2n) is 2.26. The van der Waals surface area contributed by atoms with E-state index in [0.29, 0.717) is 0 Å². The van der Waals surface area contributed by atoms with E-state index in [-0.39, 0.29) is 6.29 Å². The van der Waals surface area contributed by atoms with Gasteiger partial charge in [-0.15, -0.1) is 0 Å². The van der Waals surface area contributed by atoms with Crippen LogP contribution < -0.4 is 0 Å². The number of aromatic nitrogens is 1. The Kier molecular flexibility index (Phi) is 1.99. The molecule has 0 unspecified atom stereocenters. The van der Waals surface area contributed by atoms with Crippen molar-refractivity contribution < 1.29 is 9.47 Å². The maximum Gasteiger partial charge on any atom is 0.283 e. The van der Waals surface area contributed by atoms with Gasteiger partial charge in [0.05, 0.1) is 0 Å². The van der Waals surface area contributed by atoms with Crippen molar-refractivity contribution in [2.24, 2.45) is 0 Å². The monoisotopic (exact) mass is 227 g/mol. The molecule has 4 heteroatoms. The molecule has 0 fully saturated rings. The van der Waals surface area contributed by atoms with Crippen molar-refractivity contribution in [2.75, 3.05) is 0 Å². The van der Waals surface area contributed by atoms with E-state index < -0.39 is 0 Å². The third-order valence-corrected chi connectivity index (χ3v) is 1.88. The maximum absolute atomic E-state index is 5.11. The van der Waals surface area contributed by atoms with E-state index in [9.17, 15) is 0 Å². The Labute approximate surface area is 78.1 Å². The average molecular weight is 228 g/mol. The molecule has 2 rings (SSSR count). The standard InChI is InChI=1S/C8H6BrNO2/c9-7-3-1-2-6(10-7)8-11-4-5-12-8/h1-5,8H. The lowest BCUT2D eigenvalue weighted by atomic mass is 10.3. The predicted molar refractivity (Wildman–Crippen MR) is 46.0 cm³/mol. The minimum absolute atomic E-state index is 0.387. The van der Waals surface area contributed by atoms with Crippen LogP contribution >= 0.6 is 15.9 Å². The normalized spacial score (nSPS) is 15.8. The molecule has 0 amide bonds.